The molecule has 0 saturated heterocycles. The molecule has 0 aliphatic heterocycles. The van der Waals surface area contributed by atoms with E-state index in [4.69, 9.17) is 0 Å². The van der Waals surface area contributed by atoms with Gasteiger partial charge in [-0.3, -0.25) is 4.79 Å². The number of benzene rings is 3. The van der Waals surface area contributed by atoms with E-state index in [1.54, 1.807) is 6.07 Å². The molecule has 3 aromatic carbocycles. The van der Waals surface area contributed by atoms with Gasteiger partial charge in [0.15, 0.2) is 6.29 Å². The smallest absolute Gasteiger partial charge is 0.150 e. The second-order valence-electron chi connectivity index (χ2n) is 5.46. The molecule has 1 aliphatic rings. The molecule has 0 saturated carbocycles. The van der Waals surface area contributed by atoms with Crippen LogP contribution in [-0.2, 0) is 12.8 Å². The Morgan fingerprint density at radius 2 is 1.67 bits per heavy atom. The summed E-state index contributed by atoms with van der Waals surface area (Å²) in [4.78, 5) is 11.3. The maximum Gasteiger partial charge on any atom is 0.150 e. The number of carbonyl (C=O) groups excluding carboxylic acids is 1. The van der Waals surface area contributed by atoms with Crippen LogP contribution < -0.4 is 0 Å². The summed E-state index contributed by atoms with van der Waals surface area (Å²) < 4.78 is 13.3. The highest BCUT2D eigenvalue weighted by Crippen LogP contribution is 2.37. The van der Waals surface area contributed by atoms with Gasteiger partial charge in [0.25, 0.3) is 0 Å². The van der Waals surface area contributed by atoms with Crippen molar-refractivity contribution in [3.63, 3.8) is 0 Å². The first-order valence-electron chi connectivity index (χ1n) is 7.06. The van der Waals surface area contributed by atoms with E-state index in [9.17, 15) is 9.18 Å². The van der Waals surface area contributed by atoms with Gasteiger partial charge in [-0.2, -0.15) is 0 Å². The standard InChI is InChI=1S/C19H13FO/c20-15-7-9-16(14(10-15)11-21)17-8-6-13-5-4-12-2-1-3-18(17)19(12)13/h1-3,6-11H,4-5H2. The first-order valence-corrected chi connectivity index (χ1v) is 7.06. The fourth-order valence-electron chi connectivity index (χ4n) is 3.36. The highest BCUT2D eigenvalue weighted by atomic mass is 19.1. The Labute approximate surface area is 122 Å². The number of rotatable bonds is 2. The molecule has 1 nitrogen and oxygen atoms in total. The molecule has 102 valence electrons. The lowest BCUT2D eigenvalue weighted by molar-refractivity contribution is 0.112. The fourth-order valence-corrected chi connectivity index (χ4v) is 3.36. The predicted molar refractivity (Wildman–Crippen MR) is 82.1 cm³/mol. The SMILES string of the molecule is O=Cc1cc(F)ccc1-c1ccc2c3c(cccc13)CC2. The van der Waals surface area contributed by atoms with E-state index in [0.29, 0.717) is 5.56 Å². The Kier molecular flexibility index (Phi) is 2.64. The maximum atomic E-state index is 13.3. The summed E-state index contributed by atoms with van der Waals surface area (Å²) >= 11 is 0. The Morgan fingerprint density at radius 1 is 0.905 bits per heavy atom. The Morgan fingerprint density at radius 3 is 2.48 bits per heavy atom. The van der Waals surface area contributed by atoms with Gasteiger partial charge in [0.05, 0.1) is 0 Å². The molecule has 1 aliphatic carbocycles. The zero-order valence-corrected chi connectivity index (χ0v) is 11.4. The van der Waals surface area contributed by atoms with Crippen LogP contribution in [0.3, 0.4) is 0 Å². The molecule has 0 N–H and O–H groups in total. The zero-order chi connectivity index (χ0) is 14.4. The summed E-state index contributed by atoms with van der Waals surface area (Å²) in [5.74, 6) is -0.383. The lowest BCUT2D eigenvalue weighted by Crippen LogP contribution is -1.91. The van der Waals surface area contributed by atoms with Gasteiger partial charge in [0, 0.05) is 5.56 Å². The molecular weight excluding hydrogens is 263 g/mol. The summed E-state index contributed by atoms with van der Waals surface area (Å²) in [5, 5.41) is 2.45. The molecule has 0 heterocycles. The number of aryl methyl sites for hydroxylation is 2. The fraction of sp³-hybridized carbons (Fsp3) is 0.105. The minimum atomic E-state index is -0.383. The van der Waals surface area contributed by atoms with Crippen LogP contribution in [0.25, 0.3) is 21.9 Å². The molecule has 2 heteroatoms. The van der Waals surface area contributed by atoms with Gasteiger partial charge in [-0.25, -0.2) is 4.39 Å². The largest absolute Gasteiger partial charge is 0.298 e. The number of aldehydes is 1. The first-order chi connectivity index (χ1) is 10.3. The number of carbonyl (C=O) groups is 1. The lowest BCUT2D eigenvalue weighted by Gasteiger charge is -2.11. The van der Waals surface area contributed by atoms with Gasteiger partial charge >= 0.3 is 0 Å². The van der Waals surface area contributed by atoms with E-state index >= 15 is 0 Å². The second-order valence-corrected chi connectivity index (χ2v) is 5.46. The van der Waals surface area contributed by atoms with Crippen LogP contribution in [0.15, 0.2) is 48.5 Å². The van der Waals surface area contributed by atoms with Gasteiger partial charge in [-0.1, -0.05) is 36.4 Å². The average Bonchev–Trinajstić information content (AvgIpc) is 2.93. The zero-order valence-electron chi connectivity index (χ0n) is 11.4. The van der Waals surface area contributed by atoms with Crippen molar-refractivity contribution in [3.05, 3.63) is 71.0 Å². The molecule has 0 amide bonds. The van der Waals surface area contributed by atoms with Crippen molar-refractivity contribution in [1.82, 2.24) is 0 Å². The highest BCUT2D eigenvalue weighted by Gasteiger charge is 2.17. The van der Waals surface area contributed by atoms with Crippen molar-refractivity contribution >= 4 is 17.1 Å². The maximum absolute atomic E-state index is 13.3. The number of hydrogen-bond acceptors (Lipinski definition) is 1. The normalized spacial score (nSPS) is 12.8. The monoisotopic (exact) mass is 276 g/mol. The molecule has 0 atom stereocenters. The van der Waals surface area contributed by atoms with Crippen molar-refractivity contribution in [1.29, 1.82) is 0 Å². The third-order valence-corrected chi connectivity index (χ3v) is 4.31. The third-order valence-electron chi connectivity index (χ3n) is 4.31. The summed E-state index contributed by atoms with van der Waals surface area (Å²) in [7, 11) is 0. The Balaban J connectivity index is 2.07. The molecule has 0 bridgehead atoms. The molecule has 3 aromatic rings. The van der Waals surface area contributed by atoms with Crippen molar-refractivity contribution in [2.45, 2.75) is 12.8 Å². The van der Waals surface area contributed by atoms with Crippen LogP contribution in [0.4, 0.5) is 4.39 Å². The molecule has 0 fully saturated rings. The second kappa shape index (κ2) is 4.52. The molecular formula is C19H13FO. The molecule has 21 heavy (non-hydrogen) atoms. The molecule has 0 unspecified atom stereocenters. The summed E-state index contributed by atoms with van der Waals surface area (Å²) in [6.45, 7) is 0. The molecule has 0 spiro atoms. The molecule has 0 aromatic heterocycles. The van der Waals surface area contributed by atoms with Gasteiger partial charge < -0.3 is 0 Å². The lowest BCUT2D eigenvalue weighted by atomic mass is 9.93. The average molecular weight is 276 g/mol. The quantitative estimate of drug-likeness (QED) is 0.627. The van der Waals surface area contributed by atoms with E-state index in [0.717, 1.165) is 35.6 Å². The minimum Gasteiger partial charge on any atom is -0.298 e. The van der Waals surface area contributed by atoms with Crippen molar-refractivity contribution in [2.75, 3.05) is 0 Å². The summed E-state index contributed by atoms with van der Waals surface area (Å²) in [6, 6.07) is 14.9. The number of hydrogen-bond donors (Lipinski definition) is 0. The first kappa shape index (κ1) is 12.3. The van der Waals surface area contributed by atoms with E-state index < -0.39 is 0 Å². The van der Waals surface area contributed by atoms with Crippen LogP contribution in [0.2, 0.25) is 0 Å². The molecule has 0 radical (unpaired) electrons. The van der Waals surface area contributed by atoms with E-state index in [1.807, 2.05) is 6.07 Å². The van der Waals surface area contributed by atoms with E-state index in [1.165, 1.54) is 28.6 Å². The Bertz CT molecular complexity index is 870. The van der Waals surface area contributed by atoms with Crippen molar-refractivity contribution < 1.29 is 9.18 Å². The van der Waals surface area contributed by atoms with Gasteiger partial charge in [0.1, 0.15) is 5.82 Å². The topological polar surface area (TPSA) is 17.1 Å². The van der Waals surface area contributed by atoms with Gasteiger partial charge in [-0.05, 0) is 58.0 Å². The van der Waals surface area contributed by atoms with Gasteiger partial charge in [-0.15, -0.1) is 0 Å². The van der Waals surface area contributed by atoms with Crippen LogP contribution in [0.5, 0.6) is 0 Å². The summed E-state index contributed by atoms with van der Waals surface area (Å²) in [5.41, 5.74) is 4.91. The highest BCUT2D eigenvalue weighted by molar-refractivity contribution is 6.04. The number of halogens is 1. The predicted octanol–water partition coefficient (Wildman–Crippen LogP) is 4.56. The van der Waals surface area contributed by atoms with Crippen LogP contribution in [-0.4, -0.2) is 6.29 Å². The van der Waals surface area contributed by atoms with Crippen molar-refractivity contribution in [3.8, 4) is 11.1 Å². The van der Waals surface area contributed by atoms with Crippen LogP contribution in [0.1, 0.15) is 21.5 Å². The van der Waals surface area contributed by atoms with Gasteiger partial charge in [0.2, 0.25) is 0 Å². The third kappa shape index (κ3) is 1.79. The van der Waals surface area contributed by atoms with E-state index in [2.05, 4.69) is 24.3 Å². The van der Waals surface area contributed by atoms with Crippen LogP contribution >= 0.6 is 0 Å². The van der Waals surface area contributed by atoms with Crippen molar-refractivity contribution in [2.24, 2.45) is 0 Å². The minimum absolute atomic E-state index is 0.383. The Hall–Kier alpha value is -2.48. The van der Waals surface area contributed by atoms with Crippen LogP contribution in [0, 0.1) is 5.82 Å². The molecule has 4 rings (SSSR count). The van der Waals surface area contributed by atoms with E-state index in [-0.39, 0.29) is 5.82 Å². The summed E-state index contributed by atoms with van der Waals surface area (Å²) in [6.07, 6.45) is 2.86.